The molecule has 0 fully saturated rings. The Bertz CT molecular complexity index is 1240. The van der Waals surface area contributed by atoms with Crippen LogP contribution in [0.1, 0.15) is 41.4 Å². The molecule has 1 amide bonds. The van der Waals surface area contributed by atoms with E-state index >= 15 is 0 Å². The lowest BCUT2D eigenvalue weighted by Crippen LogP contribution is -2.47. The van der Waals surface area contributed by atoms with Crippen molar-refractivity contribution in [3.8, 4) is 23.0 Å². The molecule has 2 atom stereocenters. The van der Waals surface area contributed by atoms with Gasteiger partial charge in [0.05, 0.1) is 32.4 Å². The summed E-state index contributed by atoms with van der Waals surface area (Å²) in [6, 6.07) is 19.5. The second kappa shape index (κ2) is 12.4. The number of hydrogen-bond acceptors (Lipinski definition) is 7. The molecule has 4 rings (SSSR count). The minimum Gasteiger partial charge on any atom is -0.493 e. The van der Waals surface area contributed by atoms with Crippen molar-refractivity contribution < 1.29 is 33.3 Å². The number of carbonyl (C=O) groups is 2. The van der Waals surface area contributed by atoms with Crippen LogP contribution in [0.15, 0.2) is 66.7 Å². The molecule has 8 nitrogen and oxygen atoms in total. The first-order chi connectivity index (χ1) is 18.4. The quantitative estimate of drug-likeness (QED) is 0.354. The van der Waals surface area contributed by atoms with E-state index in [2.05, 4.69) is 0 Å². The number of nitrogens with zero attached hydrogens (tertiary/aromatic N) is 1. The summed E-state index contributed by atoms with van der Waals surface area (Å²) in [5.74, 6) is 1.91. The first kappa shape index (κ1) is 26.9. The van der Waals surface area contributed by atoms with Crippen LogP contribution in [0.3, 0.4) is 0 Å². The van der Waals surface area contributed by atoms with Crippen molar-refractivity contribution in [3.63, 3.8) is 0 Å². The molecule has 0 unspecified atom stereocenters. The minimum absolute atomic E-state index is 0.138. The van der Waals surface area contributed by atoms with E-state index in [4.69, 9.17) is 23.7 Å². The van der Waals surface area contributed by atoms with Crippen molar-refractivity contribution in [3.05, 3.63) is 83.4 Å². The number of para-hydroxylation sites is 1. The van der Waals surface area contributed by atoms with Gasteiger partial charge < -0.3 is 28.6 Å². The normalized spacial score (nSPS) is 15.2. The second-order valence-electron chi connectivity index (χ2n) is 8.83. The predicted octanol–water partition coefficient (Wildman–Crippen LogP) is 4.85. The first-order valence-electron chi connectivity index (χ1n) is 12.6. The molecular formula is C30H33NO7. The van der Waals surface area contributed by atoms with Gasteiger partial charge in [-0.25, -0.2) is 4.79 Å². The van der Waals surface area contributed by atoms with Gasteiger partial charge in [0, 0.05) is 6.54 Å². The van der Waals surface area contributed by atoms with Gasteiger partial charge in [-0.1, -0.05) is 18.2 Å². The fraction of sp³-hybridized carbons (Fsp3) is 0.333. The summed E-state index contributed by atoms with van der Waals surface area (Å²) in [7, 11) is 3.19. The standard InChI is InChI=1S/C30H33NO7/c1-5-36-30(33)21-11-13-23(14-12-21)37-19-26-25-18-28(35-4)27(34-3)17-22(25)15-16-31(26)29(32)20(2)38-24-9-7-6-8-10-24/h6-14,17-18,20,26H,5,15-16,19H2,1-4H3/t20-,26+/m0/s1. The molecule has 0 radical (unpaired) electrons. The SMILES string of the molecule is CCOC(=O)c1ccc(OC[C@@H]2c3cc(OC)c(OC)cc3CCN2C(=O)[C@H](C)Oc2ccccc2)cc1. The van der Waals surface area contributed by atoms with Crippen molar-refractivity contribution in [2.75, 3.05) is 34.0 Å². The average molecular weight is 520 g/mol. The summed E-state index contributed by atoms with van der Waals surface area (Å²) in [6.45, 7) is 4.53. The van der Waals surface area contributed by atoms with Crippen LogP contribution in [0.5, 0.6) is 23.0 Å². The van der Waals surface area contributed by atoms with Crippen LogP contribution in [-0.4, -0.2) is 56.9 Å². The van der Waals surface area contributed by atoms with Crippen LogP contribution in [0, 0.1) is 0 Å². The van der Waals surface area contributed by atoms with Gasteiger partial charge in [0.15, 0.2) is 17.6 Å². The van der Waals surface area contributed by atoms with E-state index in [0.717, 1.165) is 11.1 Å². The molecule has 1 aliphatic heterocycles. The monoisotopic (exact) mass is 519 g/mol. The molecule has 0 saturated heterocycles. The van der Waals surface area contributed by atoms with E-state index in [1.165, 1.54) is 0 Å². The van der Waals surface area contributed by atoms with E-state index in [-0.39, 0.29) is 18.5 Å². The van der Waals surface area contributed by atoms with E-state index in [1.54, 1.807) is 57.2 Å². The highest BCUT2D eigenvalue weighted by Crippen LogP contribution is 2.39. The van der Waals surface area contributed by atoms with Gasteiger partial charge in [-0.15, -0.1) is 0 Å². The third-order valence-electron chi connectivity index (χ3n) is 6.46. The van der Waals surface area contributed by atoms with E-state index in [9.17, 15) is 9.59 Å². The Balaban J connectivity index is 1.59. The predicted molar refractivity (Wildman–Crippen MR) is 142 cm³/mol. The molecule has 3 aromatic rings. The van der Waals surface area contributed by atoms with Crippen LogP contribution < -0.4 is 18.9 Å². The maximum Gasteiger partial charge on any atom is 0.338 e. The number of carbonyl (C=O) groups excluding carboxylic acids is 2. The molecule has 1 heterocycles. The zero-order chi connectivity index (χ0) is 27.1. The zero-order valence-corrected chi connectivity index (χ0v) is 22.1. The highest BCUT2D eigenvalue weighted by atomic mass is 16.5. The van der Waals surface area contributed by atoms with Crippen molar-refractivity contribution in [2.24, 2.45) is 0 Å². The van der Waals surface area contributed by atoms with Crippen molar-refractivity contribution in [1.82, 2.24) is 4.90 Å². The lowest BCUT2D eigenvalue weighted by atomic mass is 9.91. The Morgan fingerprint density at radius 1 is 0.947 bits per heavy atom. The number of ether oxygens (including phenoxy) is 5. The number of rotatable bonds is 10. The van der Waals surface area contributed by atoms with Gasteiger partial charge in [-0.3, -0.25) is 4.79 Å². The van der Waals surface area contributed by atoms with Crippen molar-refractivity contribution >= 4 is 11.9 Å². The largest absolute Gasteiger partial charge is 0.493 e. The fourth-order valence-electron chi connectivity index (χ4n) is 4.54. The van der Waals surface area contributed by atoms with Crippen LogP contribution in [0.2, 0.25) is 0 Å². The number of fused-ring (bicyclic) bond motifs is 1. The summed E-state index contributed by atoms with van der Waals surface area (Å²) in [4.78, 5) is 27.4. The Hall–Kier alpha value is -4.20. The van der Waals surface area contributed by atoms with E-state index < -0.39 is 12.1 Å². The zero-order valence-electron chi connectivity index (χ0n) is 22.1. The summed E-state index contributed by atoms with van der Waals surface area (Å²) < 4.78 is 28.2. The van der Waals surface area contributed by atoms with Gasteiger partial charge >= 0.3 is 5.97 Å². The maximum atomic E-state index is 13.6. The molecule has 3 aromatic carbocycles. The molecule has 8 heteroatoms. The fourth-order valence-corrected chi connectivity index (χ4v) is 4.54. The number of amides is 1. The summed E-state index contributed by atoms with van der Waals surface area (Å²) in [6.07, 6.45) is -0.0324. The molecule has 0 spiro atoms. The minimum atomic E-state index is -0.689. The van der Waals surface area contributed by atoms with Crippen LogP contribution >= 0.6 is 0 Å². The number of methoxy groups -OCH3 is 2. The van der Waals surface area contributed by atoms with Gasteiger partial charge in [0.1, 0.15) is 18.1 Å². The van der Waals surface area contributed by atoms with E-state index in [0.29, 0.717) is 48.1 Å². The molecule has 0 aromatic heterocycles. The Morgan fingerprint density at radius 3 is 2.29 bits per heavy atom. The van der Waals surface area contributed by atoms with Gasteiger partial charge in [0.25, 0.3) is 5.91 Å². The molecule has 0 saturated carbocycles. The Labute approximate surface area is 223 Å². The van der Waals surface area contributed by atoms with Gasteiger partial charge in [0.2, 0.25) is 0 Å². The average Bonchev–Trinajstić information content (AvgIpc) is 2.95. The molecular weight excluding hydrogens is 486 g/mol. The molecule has 38 heavy (non-hydrogen) atoms. The lowest BCUT2D eigenvalue weighted by Gasteiger charge is -2.38. The highest BCUT2D eigenvalue weighted by molar-refractivity contribution is 5.89. The Morgan fingerprint density at radius 2 is 1.63 bits per heavy atom. The summed E-state index contributed by atoms with van der Waals surface area (Å²) >= 11 is 0. The number of benzene rings is 3. The Kier molecular flexibility index (Phi) is 8.73. The summed E-state index contributed by atoms with van der Waals surface area (Å²) in [5.41, 5.74) is 2.44. The van der Waals surface area contributed by atoms with Crippen molar-refractivity contribution in [1.29, 1.82) is 0 Å². The molecule has 0 aliphatic carbocycles. The third-order valence-corrected chi connectivity index (χ3v) is 6.46. The van der Waals surface area contributed by atoms with E-state index in [1.807, 2.05) is 42.5 Å². The van der Waals surface area contributed by atoms with Crippen LogP contribution in [0.4, 0.5) is 0 Å². The number of esters is 1. The summed E-state index contributed by atoms with van der Waals surface area (Å²) in [5, 5.41) is 0. The molecule has 200 valence electrons. The van der Waals surface area contributed by atoms with Crippen LogP contribution in [-0.2, 0) is 16.0 Å². The van der Waals surface area contributed by atoms with Gasteiger partial charge in [-0.05, 0) is 79.9 Å². The number of hydrogen-bond donors (Lipinski definition) is 0. The first-order valence-corrected chi connectivity index (χ1v) is 12.6. The third kappa shape index (κ3) is 6.02. The smallest absolute Gasteiger partial charge is 0.338 e. The lowest BCUT2D eigenvalue weighted by molar-refractivity contribution is -0.141. The molecule has 1 aliphatic rings. The highest BCUT2D eigenvalue weighted by Gasteiger charge is 2.35. The molecule has 0 N–H and O–H groups in total. The maximum absolute atomic E-state index is 13.6. The second-order valence-corrected chi connectivity index (χ2v) is 8.83. The van der Waals surface area contributed by atoms with Gasteiger partial charge in [-0.2, -0.15) is 0 Å². The molecule has 0 bridgehead atoms. The van der Waals surface area contributed by atoms with Crippen LogP contribution in [0.25, 0.3) is 0 Å². The topological polar surface area (TPSA) is 83.5 Å². The van der Waals surface area contributed by atoms with Crippen molar-refractivity contribution in [2.45, 2.75) is 32.4 Å².